The van der Waals surface area contributed by atoms with E-state index in [0.717, 1.165) is 11.1 Å². The molecule has 8 nitrogen and oxygen atoms in total. The van der Waals surface area contributed by atoms with Crippen molar-refractivity contribution in [1.29, 1.82) is 0 Å². The summed E-state index contributed by atoms with van der Waals surface area (Å²) in [6, 6.07) is 12.4. The van der Waals surface area contributed by atoms with Crippen molar-refractivity contribution in [2.24, 2.45) is 0 Å². The van der Waals surface area contributed by atoms with E-state index in [-0.39, 0.29) is 22.6 Å². The first-order valence-electron chi connectivity index (χ1n) is 8.25. The van der Waals surface area contributed by atoms with Crippen molar-refractivity contribution >= 4 is 29.2 Å². The van der Waals surface area contributed by atoms with E-state index >= 15 is 0 Å². The molecule has 3 heterocycles. The molecule has 0 saturated heterocycles. The van der Waals surface area contributed by atoms with Gasteiger partial charge in [-0.1, -0.05) is 34.4 Å². The molecule has 0 amide bonds. The number of nitrogens with zero attached hydrogens (tertiary/aromatic N) is 6. The van der Waals surface area contributed by atoms with Crippen LogP contribution >= 0.6 is 23.2 Å². The Kier molecular flexibility index (Phi) is 5.27. The molecular weight excluding hydrogens is 401 g/mol. The van der Waals surface area contributed by atoms with Gasteiger partial charge in [0.2, 0.25) is 0 Å². The summed E-state index contributed by atoms with van der Waals surface area (Å²) < 4.78 is 1.29. The minimum Gasteiger partial charge on any atom is -0.626 e. The van der Waals surface area contributed by atoms with Gasteiger partial charge in [0.1, 0.15) is 6.54 Å². The number of hydrogen-bond acceptors (Lipinski definition) is 6. The maximum absolute atomic E-state index is 13.0. The SMILES string of the molecule is [O-][NH+](Cc1cccnc1-c1ccncc1)c1nnnn1-c1cccc(Cl)c1Cl. The van der Waals surface area contributed by atoms with Gasteiger partial charge in [-0.25, -0.2) is 0 Å². The van der Waals surface area contributed by atoms with Gasteiger partial charge >= 0.3 is 5.95 Å². The van der Waals surface area contributed by atoms with Gasteiger partial charge in [0.15, 0.2) is 0 Å². The standard InChI is InChI=1S/C18H13Cl2N7O/c19-14-4-1-5-15(16(14)20)27-18(23-24-25-27)26(28)11-13-3-2-8-22-17(13)12-6-9-21-10-7-12/h1-10,26H,11H2. The summed E-state index contributed by atoms with van der Waals surface area (Å²) >= 11 is 12.3. The van der Waals surface area contributed by atoms with Gasteiger partial charge in [-0.3, -0.25) is 9.97 Å². The Labute approximate surface area is 170 Å². The number of pyridine rings is 2. The Morgan fingerprint density at radius 3 is 2.64 bits per heavy atom. The molecule has 140 valence electrons. The summed E-state index contributed by atoms with van der Waals surface area (Å²) in [7, 11) is 0. The predicted octanol–water partition coefficient (Wildman–Crippen LogP) is 2.64. The topological polar surface area (TPSA) is 96.9 Å². The zero-order valence-corrected chi connectivity index (χ0v) is 15.8. The lowest BCUT2D eigenvalue weighted by atomic mass is 10.1. The van der Waals surface area contributed by atoms with E-state index < -0.39 is 0 Å². The number of rotatable bonds is 5. The third-order valence-corrected chi connectivity index (χ3v) is 4.88. The molecule has 0 saturated carbocycles. The highest BCUT2D eigenvalue weighted by Gasteiger charge is 2.20. The molecule has 10 heteroatoms. The first-order valence-corrected chi connectivity index (χ1v) is 9.01. The summed E-state index contributed by atoms with van der Waals surface area (Å²) in [5.74, 6) is 0.0636. The van der Waals surface area contributed by atoms with E-state index in [1.54, 1.807) is 42.9 Å². The van der Waals surface area contributed by atoms with Gasteiger partial charge in [0.05, 0.1) is 21.4 Å². The van der Waals surface area contributed by atoms with Gasteiger partial charge in [-0.05, 0) is 46.8 Å². The first-order chi connectivity index (χ1) is 13.6. The van der Waals surface area contributed by atoms with Gasteiger partial charge in [-0.15, -0.1) is 4.68 Å². The molecule has 0 aliphatic heterocycles. The molecule has 0 bridgehead atoms. The summed E-state index contributed by atoms with van der Waals surface area (Å²) in [5, 5.41) is 24.7. The molecule has 0 fully saturated rings. The Hall–Kier alpha value is -2.91. The highest BCUT2D eigenvalue weighted by atomic mass is 35.5. The molecule has 1 N–H and O–H groups in total. The van der Waals surface area contributed by atoms with Crippen LogP contribution in [0.4, 0.5) is 5.95 Å². The molecule has 0 radical (unpaired) electrons. The first kappa shape index (κ1) is 18.5. The molecule has 1 aromatic carbocycles. The van der Waals surface area contributed by atoms with Crippen molar-refractivity contribution < 1.29 is 5.06 Å². The second kappa shape index (κ2) is 7.99. The fraction of sp³-hybridized carbons (Fsp3) is 0.0556. The molecule has 4 aromatic rings. The quantitative estimate of drug-likeness (QED) is 0.505. The monoisotopic (exact) mass is 413 g/mol. The van der Waals surface area contributed by atoms with Crippen molar-refractivity contribution in [2.75, 3.05) is 0 Å². The van der Waals surface area contributed by atoms with Crippen LogP contribution in [0.5, 0.6) is 0 Å². The van der Waals surface area contributed by atoms with Crippen molar-refractivity contribution in [1.82, 2.24) is 30.2 Å². The number of hydrogen-bond donors (Lipinski definition) is 1. The van der Waals surface area contributed by atoms with Gasteiger partial charge in [-0.2, -0.15) is 0 Å². The smallest absolute Gasteiger partial charge is 0.351 e. The van der Waals surface area contributed by atoms with Crippen LogP contribution in [0.2, 0.25) is 10.0 Å². The number of quaternary nitrogens is 1. The summed E-state index contributed by atoms with van der Waals surface area (Å²) in [5.41, 5.74) is 2.77. The highest BCUT2D eigenvalue weighted by Crippen LogP contribution is 2.28. The fourth-order valence-corrected chi connectivity index (χ4v) is 3.16. The molecular formula is C18H13Cl2N7O. The Morgan fingerprint density at radius 1 is 1.00 bits per heavy atom. The van der Waals surface area contributed by atoms with E-state index in [0.29, 0.717) is 16.4 Å². The number of nitrogens with one attached hydrogen (secondary N) is 1. The zero-order valence-electron chi connectivity index (χ0n) is 14.3. The van der Waals surface area contributed by atoms with Crippen molar-refractivity contribution in [2.45, 2.75) is 6.54 Å². The number of hydroxylamine groups is 1. The second-order valence-corrected chi connectivity index (χ2v) is 6.62. The lowest BCUT2D eigenvalue weighted by Crippen LogP contribution is -3.01. The molecule has 0 aliphatic rings. The van der Waals surface area contributed by atoms with Crippen LogP contribution in [0.25, 0.3) is 16.9 Å². The summed E-state index contributed by atoms with van der Waals surface area (Å²) in [6.45, 7) is 0.0735. The molecule has 1 atom stereocenters. The predicted molar refractivity (Wildman–Crippen MR) is 104 cm³/mol. The van der Waals surface area contributed by atoms with Crippen molar-refractivity contribution in [3.63, 3.8) is 0 Å². The van der Waals surface area contributed by atoms with Gasteiger partial charge in [0.25, 0.3) is 0 Å². The van der Waals surface area contributed by atoms with E-state index in [4.69, 9.17) is 23.2 Å². The molecule has 4 rings (SSSR count). The number of benzene rings is 1. The van der Waals surface area contributed by atoms with Crippen molar-refractivity contribution in [3.8, 4) is 16.9 Å². The lowest BCUT2D eigenvalue weighted by Gasteiger charge is -2.21. The van der Waals surface area contributed by atoms with Gasteiger partial charge in [0, 0.05) is 29.7 Å². The third-order valence-electron chi connectivity index (χ3n) is 4.07. The number of aromatic nitrogens is 6. The molecule has 1 unspecified atom stereocenters. The highest BCUT2D eigenvalue weighted by molar-refractivity contribution is 6.43. The fourth-order valence-electron chi connectivity index (χ4n) is 2.78. The van der Waals surface area contributed by atoms with E-state index in [1.165, 1.54) is 4.68 Å². The van der Waals surface area contributed by atoms with Crippen LogP contribution in [0.15, 0.2) is 61.1 Å². The Balaban J connectivity index is 1.68. The molecule has 28 heavy (non-hydrogen) atoms. The number of halogens is 2. The van der Waals surface area contributed by atoms with E-state index in [1.807, 2.05) is 18.2 Å². The normalized spacial score (nSPS) is 12.1. The second-order valence-electron chi connectivity index (χ2n) is 5.83. The van der Waals surface area contributed by atoms with Crippen LogP contribution in [-0.4, -0.2) is 30.2 Å². The average Bonchev–Trinajstić information content (AvgIpc) is 3.21. The van der Waals surface area contributed by atoms with E-state index in [9.17, 15) is 5.21 Å². The van der Waals surface area contributed by atoms with Crippen LogP contribution in [0, 0.1) is 5.21 Å². The van der Waals surface area contributed by atoms with Crippen LogP contribution in [-0.2, 0) is 6.54 Å². The number of tetrazole rings is 1. The van der Waals surface area contributed by atoms with Crippen LogP contribution < -0.4 is 5.06 Å². The molecule has 0 aliphatic carbocycles. The van der Waals surface area contributed by atoms with E-state index in [2.05, 4.69) is 25.5 Å². The van der Waals surface area contributed by atoms with Crippen LogP contribution in [0.1, 0.15) is 5.56 Å². The van der Waals surface area contributed by atoms with Crippen LogP contribution in [0.3, 0.4) is 0 Å². The van der Waals surface area contributed by atoms with Gasteiger partial charge < -0.3 is 10.3 Å². The lowest BCUT2D eigenvalue weighted by molar-refractivity contribution is -0.798. The third kappa shape index (κ3) is 3.58. The maximum atomic E-state index is 13.0. The Morgan fingerprint density at radius 2 is 1.82 bits per heavy atom. The largest absolute Gasteiger partial charge is 0.626 e. The molecule has 0 spiro atoms. The van der Waals surface area contributed by atoms with Crippen molar-refractivity contribution in [3.05, 3.63) is 81.9 Å². The minimum atomic E-state index is -0.274. The molecule has 3 aromatic heterocycles. The maximum Gasteiger partial charge on any atom is 0.351 e. The summed E-state index contributed by atoms with van der Waals surface area (Å²) in [4.78, 5) is 8.43. The summed E-state index contributed by atoms with van der Waals surface area (Å²) in [6.07, 6.45) is 5.04. The Bertz CT molecular complexity index is 1100. The average molecular weight is 414 g/mol. The minimum absolute atomic E-state index is 0.0636. The zero-order chi connectivity index (χ0) is 19.5.